The number of ether oxygens (including phenoxy) is 1. The fourth-order valence-electron chi connectivity index (χ4n) is 2.10. The Labute approximate surface area is 138 Å². The van der Waals surface area contributed by atoms with Gasteiger partial charge < -0.3 is 15.4 Å². The quantitative estimate of drug-likeness (QED) is 0.794. The number of anilines is 3. The smallest absolute Gasteiger partial charge is 0.143 e. The first-order chi connectivity index (χ1) is 10.9. The van der Waals surface area contributed by atoms with Gasteiger partial charge in [0.15, 0.2) is 0 Å². The molecule has 124 valence electrons. The lowest BCUT2D eigenvalue weighted by atomic mass is 10.2. The molecule has 0 amide bonds. The molecule has 0 aliphatic heterocycles. The highest BCUT2D eigenvalue weighted by molar-refractivity contribution is 5.65. The first-order valence-electron chi connectivity index (χ1n) is 8.06. The minimum Gasteiger partial charge on any atom is -0.489 e. The van der Waals surface area contributed by atoms with Crippen LogP contribution in [0.15, 0.2) is 30.3 Å². The van der Waals surface area contributed by atoms with E-state index in [9.17, 15) is 0 Å². The third-order valence-electron chi connectivity index (χ3n) is 3.04. The van der Waals surface area contributed by atoms with E-state index in [1.165, 1.54) is 0 Å². The molecule has 0 spiro atoms. The molecule has 1 heterocycles. The van der Waals surface area contributed by atoms with Gasteiger partial charge in [-0.3, -0.25) is 0 Å². The summed E-state index contributed by atoms with van der Waals surface area (Å²) in [6, 6.07) is 9.79. The molecule has 23 heavy (non-hydrogen) atoms. The fraction of sp³-hybridized carbons (Fsp3) is 0.444. The SMILES string of the molecule is Cc1nc(NCC(C)C)cc(Nc2ccccc2OC(C)C)n1. The zero-order valence-corrected chi connectivity index (χ0v) is 14.6. The molecule has 0 fully saturated rings. The van der Waals surface area contributed by atoms with Gasteiger partial charge in [-0.05, 0) is 38.8 Å². The molecular formula is C18H26N4O. The third kappa shape index (κ3) is 5.43. The van der Waals surface area contributed by atoms with Gasteiger partial charge in [0.2, 0.25) is 0 Å². The van der Waals surface area contributed by atoms with Crippen LogP contribution < -0.4 is 15.4 Å². The van der Waals surface area contributed by atoms with E-state index >= 15 is 0 Å². The molecule has 2 rings (SSSR count). The van der Waals surface area contributed by atoms with Gasteiger partial charge in [-0.2, -0.15) is 0 Å². The van der Waals surface area contributed by atoms with Crippen LogP contribution in [0.25, 0.3) is 0 Å². The molecule has 1 aromatic heterocycles. The van der Waals surface area contributed by atoms with Crippen molar-refractivity contribution in [3.05, 3.63) is 36.2 Å². The maximum atomic E-state index is 5.84. The Morgan fingerprint density at radius 2 is 1.74 bits per heavy atom. The number of aromatic nitrogens is 2. The van der Waals surface area contributed by atoms with E-state index in [-0.39, 0.29) is 6.10 Å². The predicted molar refractivity (Wildman–Crippen MR) is 95.6 cm³/mol. The van der Waals surface area contributed by atoms with Crippen LogP contribution in [0.1, 0.15) is 33.5 Å². The number of rotatable bonds is 7. The van der Waals surface area contributed by atoms with Crippen LogP contribution in [-0.4, -0.2) is 22.6 Å². The minimum absolute atomic E-state index is 0.119. The second kappa shape index (κ2) is 7.81. The van der Waals surface area contributed by atoms with Gasteiger partial charge in [-0.25, -0.2) is 9.97 Å². The van der Waals surface area contributed by atoms with Crippen molar-refractivity contribution in [2.24, 2.45) is 5.92 Å². The monoisotopic (exact) mass is 314 g/mol. The van der Waals surface area contributed by atoms with Gasteiger partial charge in [0.1, 0.15) is 23.2 Å². The molecule has 0 radical (unpaired) electrons. The lowest BCUT2D eigenvalue weighted by Crippen LogP contribution is -2.11. The largest absolute Gasteiger partial charge is 0.489 e. The first-order valence-corrected chi connectivity index (χ1v) is 8.06. The second-order valence-corrected chi connectivity index (χ2v) is 6.25. The zero-order valence-electron chi connectivity index (χ0n) is 14.6. The Kier molecular flexibility index (Phi) is 5.79. The lowest BCUT2D eigenvalue weighted by Gasteiger charge is -2.16. The van der Waals surface area contributed by atoms with E-state index in [1.807, 2.05) is 51.1 Å². The Balaban J connectivity index is 2.20. The average Bonchev–Trinajstić information content (AvgIpc) is 2.46. The lowest BCUT2D eigenvalue weighted by molar-refractivity contribution is 0.244. The van der Waals surface area contributed by atoms with Crippen LogP contribution >= 0.6 is 0 Å². The molecule has 2 N–H and O–H groups in total. The second-order valence-electron chi connectivity index (χ2n) is 6.25. The molecular weight excluding hydrogens is 288 g/mol. The molecule has 0 saturated carbocycles. The van der Waals surface area contributed by atoms with Crippen molar-refractivity contribution in [1.29, 1.82) is 0 Å². The maximum absolute atomic E-state index is 5.84. The third-order valence-corrected chi connectivity index (χ3v) is 3.04. The summed E-state index contributed by atoms with van der Waals surface area (Å²) in [7, 11) is 0. The number of para-hydroxylation sites is 2. The predicted octanol–water partition coefficient (Wildman–Crippen LogP) is 4.38. The van der Waals surface area contributed by atoms with Gasteiger partial charge in [0.05, 0.1) is 11.8 Å². The van der Waals surface area contributed by atoms with Crippen LogP contribution in [-0.2, 0) is 0 Å². The minimum atomic E-state index is 0.119. The number of aryl methyl sites for hydroxylation is 1. The van der Waals surface area contributed by atoms with Crippen LogP contribution in [0, 0.1) is 12.8 Å². The number of benzene rings is 1. The summed E-state index contributed by atoms with van der Waals surface area (Å²) in [5.74, 6) is 3.68. The van der Waals surface area contributed by atoms with Crippen molar-refractivity contribution in [2.75, 3.05) is 17.2 Å². The highest BCUT2D eigenvalue weighted by Crippen LogP contribution is 2.28. The Hall–Kier alpha value is -2.30. The van der Waals surface area contributed by atoms with Gasteiger partial charge in [-0.1, -0.05) is 26.0 Å². The molecule has 0 aliphatic carbocycles. The number of hydrogen-bond donors (Lipinski definition) is 2. The number of hydrogen-bond acceptors (Lipinski definition) is 5. The van der Waals surface area contributed by atoms with Gasteiger partial charge in [0.25, 0.3) is 0 Å². The highest BCUT2D eigenvalue weighted by atomic mass is 16.5. The summed E-state index contributed by atoms with van der Waals surface area (Å²) < 4.78 is 5.84. The van der Waals surface area contributed by atoms with Gasteiger partial charge in [0, 0.05) is 12.6 Å². The Morgan fingerprint density at radius 1 is 1.04 bits per heavy atom. The standard InChI is InChI=1S/C18H26N4O/c1-12(2)11-19-17-10-18(21-14(5)20-17)22-15-8-6-7-9-16(15)23-13(3)4/h6-10,12-13H,11H2,1-5H3,(H2,19,20,21,22). The molecule has 1 aromatic carbocycles. The average molecular weight is 314 g/mol. The van der Waals surface area contributed by atoms with Crippen molar-refractivity contribution in [1.82, 2.24) is 9.97 Å². The van der Waals surface area contributed by atoms with E-state index < -0.39 is 0 Å². The molecule has 0 saturated heterocycles. The Morgan fingerprint density at radius 3 is 2.43 bits per heavy atom. The number of nitrogens with zero attached hydrogens (tertiary/aromatic N) is 2. The molecule has 0 bridgehead atoms. The van der Waals surface area contributed by atoms with E-state index in [1.54, 1.807) is 0 Å². The van der Waals surface area contributed by atoms with E-state index in [0.29, 0.717) is 5.92 Å². The maximum Gasteiger partial charge on any atom is 0.143 e. The molecule has 0 atom stereocenters. The van der Waals surface area contributed by atoms with Crippen molar-refractivity contribution >= 4 is 17.3 Å². The van der Waals surface area contributed by atoms with Crippen LogP contribution in [0.4, 0.5) is 17.3 Å². The van der Waals surface area contributed by atoms with Crippen LogP contribution in [0.2, 0.25) is 0 Å². The van der Waals surface area contributed by atoms with Crippen molar-refractivity contribution in [3.63, 3.8) is 0 Å². The number of nitrogens with one attached hydrogen (secondary N) is 2. The van der Waals surface area contributed by atoms with E-state index in [4.69, 9.17) is 4.74 Å². The van der Waals surface area contributed by atoms with Gasteiger partial charge >= 0.3 is 0 Å². The summed E-state index contributed by atoms with van der Waals surface area (Å²) in [4.78, 5) is 8.88. The molecule has 2 aromatic rings. The highest BCUT2D eigenvalue weighted by Gasteiger charge is 2.08. The normalized spacial score (nSPS) is 10.9. The van der Waals surface area contributed by atoms with Crippen LogP contribution in [0.5, 0.6) is 5.75 Å². The molecule has 0 aliphatic rings. The van der Waals surface area contributed by atoms with Crippen molar-refractivity contribution in [3.8, 4) is 5.75 Å². The molecule has 0 unspecified atom stereocenters. The van der Waals surface area contributed by atoms with Crippen molar-refractivity contribution < 1.29 is 4.74 Å². The van der Waals surface area contributed by atoms with Crippen molar-refractivity contribution in [2.45, 2.75) is 40.7 Å². The fourth-order valence-corrected chi connectivity index (χ4v) is 2.10. The Bertz CT molecular complexity index is 641. The summed E-state index contributed by atoms with van der Waals surface area (Å²) in [6.07, 6.45) is 0.119. The van der Waals surface area contributed by atoms with E-state index in [0.717, 1.165) is 35.4 Å². The topological polar surface area (TPSA) is 59.1 Å². The summed E-state index contributed by atoms with van der Waals surface area (Å²) in [5.41, 5.74) is 0.897. The summed E-state index contributed by atoms with van der Waals surface area (Å²) >= 11 is 0. The zero-order chi connectivity index (χ0) is 16.8. The van der Waals surface area contributed by atoms with E-state index in [2.05, 4.69) is 34.4 Å². The first kappa shape index (κ1) is 17.1. The summed E-state index contributed by atoms with van der Waals surface area (Å²) in [5, 5.41) is 6.67. The molecule has 5 nitrogen and oxygen atoms in total. The van der Waals surface area contributed by atoms with Gasteiger partial charge in [-0.15, -0.1) is 0 Å². The van der Waals surface area contributed by atoms with Crippen LogP contribution in [0.3, 0.4) is 0 Å². The summed E-state index contributed by atoms with van der Waals surface area (Å²) in [6.45, 7) is 11.1. The molecule has 5 heteroatoms.